The predicted octanol–water partition coefficient (Wildman–Crippen LogP) is 2.74. The number of piperidine rings is 1. The van der Waals surface area contributed by atoms with Gasteiger partial charge >= 0.3 is 5.97 Å². The summed E-state index contributed by atoms with van der Waals surface area (Å²) in [6.45, 7) is 5.83. The van der Waals surface area contributed by atoms with Crippen molar-refractivity contribution >= 4 is 18.4 Å². The molecule has 1 saturated heterocycles. The van der Waals surface area contributed by atoms with Gasteiger partial charge in [0.15, 0.2) is 0 Å². The van der Waals surface area contributed by atoms with E-state index in [-0.39, 0.29) is 18.4 Å². The van der Waals surface area contributed by atoms with Crippen LogP contribution in [0.1, 0.15) is 58.3 Å². The van der Waals surface area contributed by atoms with Crippen molar-refractivity contribution in [3.05, 3.63) is 0 Å². The van der Waals surface area contributed by atoms with E-state index in [1.54, 1.807) is 0 Å². The quantitative estimate of drug-likeness (QED) is 0.526. The van der Waals surface area contributed by atoms with Crippen LogP contribution in [0.4, 0.5) is 0 Å². The van der Waals surface area contributed by atoms with Crippen LogP contribution in [-0.2, 0) is 9.53 Å². The monoisotopic (exact) mass is 306 g/mol. The molecule has 0 aromatic heterocycles. The molecule has 120 valence electrons. The SMILES string of the molecule is CCOC(=O)CCCCCCCN1CCC[C@@H](N)C1.Cl. The molecular weight excluding hydrogens is 276 g/mol. The molecule has 5 heteroatoms. The Labute approximate surface area is 129 Å². The minimum Gasteiger partial charge on any atom is -0.466 e. The molecule has 0 aromatic carbocycles. The highest BCUT2D eigenvalue weighted by molar-refractivity contribution is 5.85. The molecule has 0 saturated carbocycles. The molecule has 2 N–H and O–H groups in total. The molecule has 1 heterocycles. The van der Waals surface area contributed by atoms with E-state index in [9.17, 15) is 4.79 Å². The molecule has 0 spiro atoms. The van der Waals surface area contributed by atoms with Crippen LogP contribution in [0.3, 0.4) is 0 Å². The van der Waals surface area contributed by atoms with Crippen molar-refractivity contribution in [3.8, 4) is 0 Å². The van der Waals surface area contributed by atoms with E-state index in [0.29, 0.717) is 19.1 Å². The summed E-state index contributed by atoms with van der Waals surface area (Å²) >= 11 is 0. The molecule has 0 amide bonds. The van der Waals surface area contributed by atoms with Crippen LogP contribution >= 0.6 is 12.4 Å². The highest BCUT2D eigenvalue weighted by Gasteiger charge is 2.15. The number of hydrogen-bond acceptors (Lipinski definition) is 4. The number of carbonyl (C=O) groups is 1. The van der Waals surface area contributed by atoms with Crippen LogP contribution in [0, 0.1) is 0 Å². The van der Waals surface area contributed by atoms with E-state index in [0.717, 1.165) is 19.4 Å². The van der Waals surface area contributed by atoms with Gasteiger partial charge in [-0.15, -0.1) is 12.4 Å². The Balaban J connectivity index is 0.00000361. The van der Waals surface area contributed by atoms with Gasteiger partial charge < -0.3 is 15.4 Å². The standard InChI is InChI=1S/C15H30N2O2.ClH/c1-2-19-15(18)10-6-4-3-5-7-11-17-12-8-9-14(16)13-17;/h14H,2-13,16H2,1H3;1H/t14-;/m1./s1. The van der Waals surface area contributed by atoms with E-state index in [2.05, 4.69) is 4.90 Å². The predicted molar refractivity (Wildman–Crippen MR) is 85.2 cm³/mol. The Bertz CT molecular complexity index is 252. The lowest BCUT2D eigenvalue weighted by molar-refractivity contribution is -0.143. The Kier molecular flexibility index (Phi) is 12.2. The minimum atomic E-state index is -0.0511. The fourth-order valence-corrected chi connectivity index (χ4v) is 2.66. The summed E-state index contributed by atoms with van der Waals surface area (Å²) in [6, 6.07) is 0.387. The summed E-state index contributed by atoms with van der Waals surface area (Å²) in [5.41, 5.74) is 5.96. The number of nitrogens with zero attached hydrogens (tertiary/aromatic N) is 1. The maximum Gasteiger partial charge on any atom is 0.305 e. The molecule has 4 nitrogen and oxygen atoms in total. The summed E-state index contributed by atoms with van der Waals surface area (Å²) in [5, 5.41) is 0. The number of halogens is 1. The third-order valence-electron chi connectivity index (χ3n) is 3.70. The zero-order chi connectivity index (χ0) is 13.9. The molecule has 1 fully saturated rings. The van der Waals surface area contributed by atoms with Gasteiger partial charge in [0, 0.05) is 19.0 Å². The smallest absolute Gasteiger partial charge is 0.305 e. The fraction of sp³-hybridized carbons (Fsp3) is 0.933. The summed E-state index contributed by atoms with van der Waals surface area (Å²) in [7, 11) is 0. The van der Waals surface area contributed by atoms with Gasteiger partial charge in [-0.25, -0.2) is 0 Å². The van der Waals surface area contributed by atoms with Gasteiger partial charge in [0.2, 0.25) is 0 Å². The lowest BCUT2D eigenvalue weighted by Gasteiger charge is -2.30. The lowest BCUT2D eigenvalue weighted by Crippen LogP contribution is -2.43. The third-order valence-corrected chi connectivity index (χ3v) is 3.70. The van der Waals surface area contributed by atoms with Gasteiger partial charge in [0.05, 0.1) is 6.61 Å². The number of rotatable bonds is 9. The lowest BCUT2D eigenvalue weighted by atomic mass is 10.1. The van der Waals surface area contributed by atoms with E-state index in [1.165, 1.54) is 45.2 Å². The first-order chi connectivity index (χ1) is 9.22. The summed E-state index contributed by atoms with van der Waals surface area (Å²) in [5.74, 6) is -0.0511. The summed E-state index contributed by atoms with van der Waals surface area (Å²) < 4.78 is 4.90. The normalized spacial score (nSPS) is 19.4. The van der Waals surface area contributed by atoms with E-state index >= 15 is 0 Å². The second-order valence-electron chi connectivity index (χ2n) is 5.53. The van der Waals surface area contributed by atoms with Gasteiger partial charge in [-0.3, -0.25) is 4.79 Å². The van der Waals surface area contributed by atoms with Crippen LogP contribution in [0.25, 0.3) is 0 Å². The first kappa shape index (κ1) is 19.7. The van der Waals surface area contributed by atoms with E-state index < -0.39 is 0 Å². The number of unbranched alkanes of at least 4 members (excludes halogenated alkanes) is 4. The van der Waals surface area contributed by atoms with E-state index in [4.69, 9.17) is 10.5 Å². The fourth-order valence-electron chi connectivity index (χ4n) is 2.66. The van der Waals surface area contributed by atoms with Crippen molar-refractivity contribution in [2.24, 2.45) is 5.73 Å². The third kappa shape index (κ3) is 9.56. The Morgan fingerprint density at radius 3 is 2.65 bits per heavy atom. The number of likely N-dealkylation sites (tertiary alicyclic amines) is 1. The van der Waals surface area contributed by atoms with Gasteiger partial charge in [0.1, 0.15) is 0 Å². The molecule has 1 rings (SSSR count). The van der Waals surface area contributed by atoms with E-state index in [1.807, 2.05) is 6.92 Å². The van der Waals surface area contributed by atoms with Gasteiger partial charge in [0.25, 0.3) is 0 Å². The number of carbonyl (C=O) groups excluding carboxylic acids is 1. The zero-order valence-electron chi connectivity index (χ0n) is 12.8. The van der Waals surface area contributed by atoms with Gasteiger partial charge in [-0.05, 0) is 45.7 Å². The molecule has 0 radical (unpaired) electrons. The van der Waals surface area contributed by atoms with Crippen LogP contribution in [0.2, 0.25) is 0 Å². The van der Waals surface area contributed by atoms with Gasteiger partial charge in [-0.2, -0.15) is 0 Å². The first-order valence-corrected chi connectivity index (χ1v) is 7.86. The number of hydrogen-bond donors (Lipinski definition) is 1. The van der Waals surface area contributed by atoms with Crippen molar-refractivity contribution in [1.82, 2.24) is 4.90 Å². The zero-order valence-corrected chi connectivity index (χ0v) is 13.6. The minimum absolute atomic E-state index is 0. The van der Waals surface area contributed by atoms with Crippen LogP contribution in [0.5, 0.6) is 0 Å². The molecule has 0 unspecified atom stereocenters. The Hall–Kier alpha value is -0.320. The molecule has 1 aliphatic heterocycles. The van der Waals surface area contributed by atoms with Crippen LogP contribution in [0.15, 0.2) is 0 Å². The molecule has 0 bridgehead atoms. The second kappa shape index (κ2) is 12.4. The highest BCUT2D eigenvalue weighted by atomic mass is 35.5. The largest absolute Gasteiger partial charge is 0.466 e. The Morgan fingerprint density at radius 1 is 1.25 bits per heavy atom. The molecular formula is C15H31ClN2O2. The highest BCUT2D eigenvalue weighted by Crippen LogP contribution is 2.11. The molecule has 20 heavy (non-hydrogen) atoms. The number of nitrogens with two attached hydrogens (primary N) is 1. The average Bonchev–Trinajstić information content (AvgIpc) is 2.38. The van der Waals surface area contributed by atoms with Crippen molar-refractivity contribution < 1.29 is 9.53 Å². The number of ether oxygens (including phenoxy) is 1. The first-order valence-electron chi connectivity index (χ1n) is 7.86. The number of esters is 1. The van der Waals surface area contributed by atoms with Gasteiger partial charge in [-0.1, -0.05) is 19.3 Å². The molecule has 1 atom stereocenters. The topological polar surface area (TPSA) is 55.6 Å². The summed E-state index contributed by atoms with van der Waals surface area (Å²) in [4.78, 5) is 13.6. The van der Waals surface area contributed by atoms with Crippen LogP contribution < -0.4 is 5.73 Å². The van der Waals surface area contributed by atoms with Crippen molar-refractivity contribution in [1.29, 1.82) is 0 Å². The maximum atomic E-state index is 11.1. The average molecular weight is 307 g/mol. The van der Waals surface area contributed by atoms with Crippen molar-refractivity contribution in [2.75, 3.05) is 26.2 Å². The van der Waals surface area contributed by atoms with Crippen molar-refractivity contribution in [2.45, 2.75) is 64.3 Å². The second-order valence-corrected chi connectivity index (χ2v) is 5.53. The molecule has 0 aliphatic carbocycles. The Morgan fingerprint density at radius 2 is 1.95 bits per heavy atom. The molecule has 1 aliphatic rings. The molecule has 0 aromatic rings. The van der Waals surface area contributed by atoms with Crippen LogP contribution in [-0.4, -0.2) is 43.2 Å². The summed E-state index contributed by atoms with van der Waals surface area (Å²) in [6.07, 6.45) is 8.85. The maximum absolute atomic E-state index is 11.1. The van der Waals surface area contributed by atoms with Crippen molar-refractivity contribution in [3.63, 3.8) is 0 Å².